The molecule has 21 heavy (non-hydrogen) atoms. The lowest BCUT2D eigenvalue weighted by Crippen LogP contribution is -2.62. The molecule has 1 fully saturated rings. The number of hydrogen-bond donors (Lipinski definition) is 1. The number of rotatable bonds is 1. The summed E-state index contributed by atoms with van der Waals surface area (Å²) >= 11 is 18.0. The predicted molar refractivity (Wildman–Crippen MR) is 85.2 cm³/mol. The molecule has 1 heterocycles. The van der Waals surface area contributed by atoms with Gasteiger partial charge in [0.1, 0.15) is 12.6 Å². The van der Waals surface area contributed by atoms with Gasteiger partial charge in [-0.3, -0.25) is 14.5 Å². The van der Waals surface area contributed by atoms with Gasteiger partial charge in [-0.15, -0.1) is 0 Å². The molecule has 1 saturated heterocycles. The summed E-state index contributed by atoms with van der Waals surface area (Å²) in [5, 5.41) is 3.57. The van der Waals surface area contributed by atoms with E-state index in [1.807, 2.05) is 20.8 Å². The Morgan fingerprint density at radius 2 is 1.67 bits per heavy atom. The van der Waals surface area contributed by atoms with Crippen LogP contribution in [-0.2, 0) is 9.59 Å². The van der Waals surface area contributed by atoms with Crippen molar-refractivity contribution >= 4 is 52.3 Å². The minimum Gasteiger partial charge on any atom is -0.342 e. The molecule has 0 bridgehead atoms. The number of nitrogens with one attached hydrogen (secondary N) is 1. The van der Waals surface area contributed by atoms with Gasteiger partial charge in [-0.05, 0) is 17.5 Å². The van der Waals surface area contributed by atoms with E-state index in [0.29, 0.717) is 10.7 Å². The molecule has 0 radical (unpaired) electrons. The summed E-state index contributed by atoms with van der Waals surface area (Å²) in [5.74, 6) is -0.459. The number of nitrogens with zero attached hydrogens (tertiary/aromatic N) is 1. The first kappa shape index (κ1) is 16.4. The second kappa shape index (κ2) is 5.67. The van der Waals surface area contributed by atoms with Crippen molar-refractivity contribution < 1.29 is 9.59 Å². The lowest BCUT2D eigenvalue weighted by atomic mass is 9.84. The van der Waals surface area contributed by atoms with Gasteiger partial charge in [0.05, 0.1) is 20.8 Å². The van der Waals surface area contributed by atoms with Gasteiger partial charge in [-0.25, -0.2) is 0 Å². The summed E-state index contributed by atoms with van der Waals surface area (Å²) in [4.78, 5) is 25.9. The van der Waals surface area contributed by atoms with Crippen LogP contribution in [0.15, 0.2) is 12.1 Å². The van der Waals surface area contributed by atoms with E-state index in [2.05, 4.69) is 5.32 Å². The first-order chi connectivity index (χ1) is 9.61. The third kappa shape index (κ3) is 3.28. The van der Waals surface area contributed by atoms with Gasteiger partial charge < -0.3 is 5.32 Å². The Kier molecular flexibility index (Phi) is 4.43. The van der Waals surface area contributed by atoms with Gasteiger partial charge >= 0.3 is 0 Å². The molecule has 1 unspecified atom stereocenters. The van der Waals surface area contributed by atoms with E-state index >= 15 is 0 Å². The molecule has 1 aromatic carbocycles. The molecule has 0 aromatic heterocycles. The van der Waals surface area contributed by atoms with Crippen molar-refractivity contribution in [2.75, 3.05) is 11.4 Å². The molecule has 4 nitrogen and oxygen atoms in total. The summed E-state index contributed by atoms with van der Waals surface area (Å²) < 4.78 is 0. The van der Waals surface area contributed by atoms with E-state index in [4.69, 9.17) is 34.8 Å². The molecule has 1 N–H and O–H groups in total. The first-order valence-corrected chi connectivity index (χ1v) is 7.50. The maximum absolute atomic E-state index is 12.6. The van der Waals surface area contributed by atoms with Crippen LogP contribution in [-0.4, -0.2) is 24.4 Å². The van der Waals surface area contributed by atoms with Crippen molar-refractivity contribution in [1.82, 2.24) is 5.32 Å². The van der Waals surface area contributed by atoms with Gasteiger partial charge in [0, 0.05) is 0 Å². The van der Waals surface area contributed by atoms with Crippen LogP contribution in [0.1, 0.15) is 20.8 Å². The van der Waals surface area contributed by atoms with E-state index in [1.54, 1.807) is 0 Å². The third-order valence-corrected chi connectivity index (χ3v) is 4.29. The average molecular weight is 350 g/mol. The zero-order chi connectivity index (χ0) is 15.9. The molecule has 0 spiro atoms. The summed E-state index contributed by atoms with van der Waals surface area (Å²) in [6, 6.07) is 2.35. The van der Waals surface area contributed by atoms with Crippen molar-refractivity contribution in [2.45, 2.75) is 26.8 Å². The quantitative estimate of drug-likeness (QED) is 0.789. The minimum absolute atomic E-state index is 0.0942. The minimum atomic E-state index is -0.621. The first-order valence-electron chi connectivity index (χ1n) is 6.36. The lowest BCUT2D eigenvalue weighted by Gasteiger charge is -2.39. The van der Waals surface area contributed by atoms with Crippen LogP contribution in [0.2, 0.25) is 15.1 Å². The summed E-state index contributed by atoms with van der Waals surface area (Å²) in [6.45, 7) is 5.56. The normalized spacial score (nSPS) is 19.7. The highest BCUT2D eigenvalue weighted by Crippen LogP contribution is 2.36. The molecular formula is C14H15Cl3N2O2. The van der Waals surface area contributed by atoms with Crippen molar-refractivity contribution in [2.24, 2.45) is 5.41 Å². The van der Waals surface area contributed by atoms with Crippen molar-refractivity contribution in [3.05, 3.63) is 27.2 Å². The smallest absolute Gasteiger partial charge is 0.250 e. The monoisotopic (exact) mass is 348 g/mol. The molecule has 1 aliphatic rings. The van der Waals surface area contributed by atoms with Crippen molar-refractivity contribution in [1.29, 1.82) is 0 Å². The second-order valence-corrected chi connectivity index (χ2v) is 7.23. The van der Waals surface area contributed by atoms with Crippen LogP contribution in [0.25, 0.3) is 0 Å². The zero-order valence-electron chi connectivity index (χ0n) is 11.8. The number of halogens is 3. The maximum Gasteiger partial charge on any atom is 0.250 e. The fourth-order valence-electron chi connectivity index (χ4n) is 2.16. The van der Waals surface area contributed by atoms with E-state index in [1.165, 1.54) is 17.0 Å². The Morgan fingerprint density at radius 3 is 2.24 bits per heavy atom. The third-order valence-electron chi connectivity index (χ3n) is 3.27. The number of carbonyl (C=O) groups excluding carboxylic acids is 2. The highest BCUT2D eigenvalue weighted by molar-refractivity contribution is 6.44. The van der Waals surface area contributed by atoms with E-state index in [0.717, 1.165) is 0 Å². The number of hydrogen-bond acceptors (Lipinski definition) is 2. The Morgan fingerprint density at radius 1 is 1.10 bits per heavy atom. The predicted octanol–water partition coefficient (Wildman–Crippen LogP) is 3.52. The van der Waals surface area contributed by atoms with Gasteiger partial charge in [-0.2, -0.15) is 0 Å². The molecule has 0 aliphatic carbocycles. The largest absolute Gasteiger partial charge is 0.342 e. The van der Waals surface area contributed by atoms with Crippen LogP contribution in [0.5, 0.6) is 0 Å². The van der Waals surface area contributed by atoms with Crippen LogP contribution >= 0.6 is 34.8 Å². The van der Waals surface area contributed by atoms with E-state index in [9.17, 15) is 9.59 Å². The number of carbonyl (C=O) groups is 2. The molecule has 2 amide bonds. The molecular weight excluding hydrogens is 335 g/mol. The van der Waals surface area contributed by atoms with Crippen LogP contribution in [0.3, 0.4) is 0 Å². The average Bonchev–Trinajstić information content (AvgIpc) is 2.35. The van der Waals surface area contributed by atoms with Crippen LogP contribution < -0.4 is 10.2 Å². The van der Waals surface area contributed by atoms with Gasteiger partial charge in [0.25, 0.3) is 5.91 Å². The summed E-state index contributed by atoms with van der Waals surface area (Å²) in [6.07, 6.45) is 0. The van der Waals surface area contributed by atoms with Crippen molar-refractivity contribution in [3.63, 3.8) is 0 Å². The molecule has 1 atom stereocenters. The molecule has 2 rings (SSSR count). The standard InChI is InChI=1S/C14H15Cl3N2O2/c1-14(2,3)12-13(21)19(6-11(20)18-12)10-5-8(16)7(15)4-9(10)17/h4-5,12H,6H2,1-3H3,(H,18,20). The lowest BCUT2D eigenvalue weighted by molar-refractivity contribution is -0.133. The number of benzene rings is 1. The Labute approximate surface area is 138 Å². The molecule has 114 valence electrons. The highest BCUT2D eigenvalue weighted by atomic mass is 35.5. The Bertz CT molecular complexity index is 611. The molecule has 1 aliphatic heterocycles. The number of piperazine rings is 1. The van der Waals surface area contributed by atoms with Crippen LogP contribution in [0, 0.1) is 5.41 Å². The summed E-state index contributed by atoms with van der Waals surface area (Å²) in [5.41, 5.74) is -0.0196. The molecule has 1 aromatic rings. The molecule has 0 saturated carbocycles. The maximum atomic E-state index is 12.6. The van der Waals surface area contributed by atoms with Gasteiger partial charge in [0.15, 0.2) is 0 Å². The van der Waals surface area contributed by atoms with Gasteiger partial charge in [-0.1, -0.05) is 55.6 Å². The van der Waals surface area contributed by atoms with Crippen molar-refractivity contribution in [3.8, 4) is 0 Å². The second-order valence-electron chi connectivity index (χ2n) is 6.01. The van der Waals surface area contributed by atoms with Crippen LogP contribution in [0.4, 0.5) is 5.69 Å². The Balaban J connectivity index is 2.45. The highest BCUT2D eigenvalue weighted by Gasteiger charge is 2.41. The fourth-order valence-corrected chi connectivity index (χ4v) is 2.80. The number of amides is 2. The van der Waals surface area contributed by atoms with E-state index in [-0.39, 0.29) is 28.4 Å². The topological polar surface area (TPSA) is 49.4 Å². The van der Waals surface area contributed by atoms with E-state index < -0.39 is 11.5 Å². The summed E-state index contributed by atoms with van der Waals surface area (Å²) in [7, 11) is 0. The number of anilines is 1. The Hall–Kier alpha value is -0.970. The zero-order valence-corrected chi connectivity index (χ0v) is 14.1. The fraction of sp³-hybridized carbons (Fsp3) is 0.429. The van der Waals surface area contributed by atoms with Gasteiger partial charge in [0.2, 0.25) is 5.91 Å². The SMILES string of the molecule is CC(C)(C)C1NC(=O)CN(c2cc(Cl)c(Cl)cc2Cl)C1=O. The molecule has 7 heteroatoms.